The van der Waals surface area contributed by atoms with Gasteiger partial charge in [-0.25, -0.2) is 0 Å². The first-order chi connectivity index (χ1) is 10.0. The van der Waals surface area contributed by atoms with Crippen molar-refractivity contribution < 1.29 is 4.79 Å². The minimum atomic E-state index is 0.106. The topological polar surface area (TPSA) is 29.1 Å². The van der Waals surface area contributed by atoms with Crippen LogP contribution in [-0.4, -0.2) is 11.4 Å². The highest BCUT2D eigenvalue weighted by molar-refractivity contribution is 5.77. The summed E-state index contributed by atoms with van der Waals surface area (Å²) >= 11 is 0. The van der Waals surface area contributed by atoms with Crippen LogP contribution < -0.4 is 5.32 Å². The van der Waals surface area contributed by atoms with Crippen LogP contribution in [0.2, 0.25) is 0 Å². The summed E-state index contributed by atoms with van der Waals surface area (Å²) in [4.78, 5) is 11.9. The number of hydrogen-bond donors (Lipinski definition) is 1. The van der Waals surface area contributed by atoms with Gasteiger partial charge in [-0.1, -0.05) is 19.8 Å². The molecule has 1 heterocycles. The summed E-state index contributed by atoms with van der Waals surface area (Å²) in [6.07, 6.45) is 13.2. The predicted molar refractivity (Wildman–Crippen MR) is 84.8 cm³/mol. The number of fused-ring (bicyclic) bond motifs is 5. The summed E-state index contributed by atoms with van der Waals surface area (Å²) in [6.45, 7) is 4.96. The summed E-state index contributed by atoms with van der Waals surface area (Å²) in [5.41, 5.74) is 0.721. The Morgan fingerprint density at radius 2 is 1.81 bits per heavy atom. The number of nitrogens with one attached hydrogen (secondary N) is 1. The van der Waals surface area contributed by atoms with Crippen LogP contribution in [-0.2, 0) is 4.79 Å². The lowest BCUT2D eigenvalue weighted by Gasteiger charge is -2.62. The Labute approximate surface area is 129 Å². The third kappa shape index (κ3) is 2.00. The maximum atomic E-state index is 11.9. The quantitative estimate of drug-likeness (QED) is 0.708. The van der Waals surface area contributed by atoms with Crippen LogP contribution in [0.3, 0.4) is 0 Å². The molecule has 0 aromatic rings. The van der Waals surface area contributed by atoms with E-state index >= 15 is 0 Å². The highest BCUT2D eigenvalue weighted by Crippen LogP contribution is 2.62. The summed E-state index contributed by atoms with van der Waals surface area (Å²) < 4.78 is 0. The predicted octanol–water partition coefficient (Wildman–Crippen LogP) is 4.29. The zero-order valence-corrected chi connectivity index (χ0v) is 13.8. The zero-order valence-electron chi connectivity index (χ0n) is 13.8. The second-order valence-electron chi connectivity index (χ2n) is 8.95. The fourth-order valence-corrected chi connectivity index (χ4v) is 6.97. The number of carbonyl (C=O) groups is 1. The first-order valence-electron chi connectivity index (χ1n) is 9.34. The van der Waals surface area contributed by atoms with E-state index in [1.54, 1.807) is 0 Å². The molecule has 2 heteroatoms. The molecule has 4 aliphatic rings. The van der Waals surface area contributed by atoms with Crippen LogP contribution >= 0.6 is 0 Å². The molecular formula is C19H31NO. The molecular weight excluding hydrogens is 258 g/mol. The van der Waals surface area contributed by atoms with Crippen molar-refractivity contribution >= 4 is 5.91 Å². The van der Waals surface area contributed by atoms with Crippen molar-refractivity contribution in [1.29, 1.82) is 0 Å². The normalized spacial score (nSPS) is 53.1. The van der Waals surface area contributed by atoms with Gasteiger partial charge in [0.1, 0.15) is 0 Å². The van der Waals surface area contributed by atoms with Crippen LogP contribution in [0.4, 0.5) is 0 Å². The van der Waals surface area contributed by atoms with E-state index in [-0.39, 0.29) is 5.54 Å². The van der Waals surface area contributed by atoms with E-state index in [9.17, 15) is 4.79 Å². The van der Waals surface area contributed by atoms with Crippen LogP contribution in [0.25, 0.3) is 0 Å². The van der Waals surface area contributed by atoms with Crippen molar-refractivity contribution in [3.05, 3.63) is 0 Å². The molecule has 0 aromatic heterocycles. The van der Waals surface area contributed by atoms with Crippen molar-refractivity contribution in [3.63, 3.8) is 0 Å². The van der Waals surface area contributed by atoms with Crippen LogP contribution in [0.5, 0.6) is 0 Å². The molecule has 0 bridgehead atoms. The number of amides is 1. The van der Waals surface area contributed by atoms with Crippen molar-refractivity contribution in [1.82, 2.24) is 5.32 Å². The Hall–Kier alpha value is -0.530. The molecule has 4 fully saturated rings. The van der Waals surface area contributed by atoms with Gasteiger partial charge in [0.2, 0.25) is 5.91 Å². The van der Waals surface area contributed by atoms with Gasteiger partial charge in [-0.15, -0.1) is 0 Å². The monoisotopic (exact) mass is 289 g/mol. The standard InChI is InChI=1S/C19H31NO/c1-18-11-4-3-5-13(18)6-7-14-15(18)10-12-19(2)16(14)8-9-17(21)20-19/h13-16H,3-12H2,1-2H3,(H,20,21). The zero-order chi connectivity index (χ0) is 14.7. The highest BCUT2D eigenvalue weighted by atomic mass is 16.1. The van der Waals surface area contributed by atoms with Gasteiger partial charge >= 0.3 is 0 Å². The van der Waals surface area contributed by atoms with Crippen molar-refractivity contribution in [2.75, 3.05) is 0 Å². The van der Waals surface area contributed by atoms with E-state index in [1.807, 2.05) is 0 Å². The number of hydrogen-bond acceptors (Lipinski definition) is 1. The average molecular weight is 289 g/mol. The van der Waals surface area contributed by atoms with Crippen molar-refractivity contribution in [2.45, 2.75) is 83.6 Å². The Morgan fingerprint density at radius 3 is 2.67 bits per heavy atom. The van der Waals surface area contributed by atoms with E-state index in [4.69, 9.17) is 0 Å². The van der Waals surface area contributed by atoms with Crippen LogP contribution in [0, 0.1) is 29.1 Å². The van der Waals surface area contributed by atoms with E-state index in [1.165, 1.54) is 51.4 Å². The molecule has 4 rings (SSSR count). The van der Waals surface area contributed by atoms with E-state index < -0.39 is 0 Å². The molecule has 1 saturated heterocycles. The molecule has 1 amide bonds. The second kappa shape index (κ2) is 4.73. The molecule has 1 aliphatic heterocycles. The van der Waals surface area contributed by atoms with Gasteiger partial charge in [0, 0.05) is 12.0 Å². The Bertz CT molecular complexity index is 447. The van der Waals surface area contributed by atoms with Crippen molar-refractivity contribution in [2.24, 2.45) is 29.1 Å². The summed E-state index contributed by atoms with van der Waals surface area (Å²) in [6, 6.07) is 0. The third-order valence-electron chi connectivity index (χ3n) is 8.08. The van der Waals surface area contributed by atoms with Gasteiger partial charge in [0.05, 0.1) is 0 Å². The fraction of sp³-hybridized carbons (Fsp3) is 0.947. The van der Waals surface area contributed by atoms with Gasteiger partial charge in [-0.05, 0) is 81.0 Å². The van der Waals surface area contributed by atoms with E-state index in [2.05, 4.69) is 19.2 Å². The molecule has 3 aliphatic carbocycles. The molecule has 3 saturated carbocycles. The molecule has 0 spiro atoms. The largest absolute Gasteiger partial charge is 0.351 e. The summed E-state index contributed by atoms with van der Waals surface area (Å²) in [7, 11) is 0. The first kappa shape index (κ1) is 14.1. The van der Waals surface area contributed by atoms with Crippen molar-refractivity contribution in [3.8, 4) is 0 Å². The van der Waals surface area contributed by atoms with Gasteiger partial charge < -0.3 is 5.32 Å². The number of piperidine rings is 1. The highest BCUT2D eigenvalue weighted by Gasteiger charge is 2.57. The molecule has 6 atom stereocenters. The Morgan fingerprint density at radius 1 is 0.952 bits per heavy atom. The molecule has 118 valence electrons. The van der Waals surface area contributed by atoms with Gasteiger partial charge in [0.25, 0.3) is 0 Å². The van der Waals surface area contributed by atoms with Crippen LogP contribution in [0.15, 0.2) is 0 Å². The molecule has 21 heavy (non-hydrogen) atoms. The third-order valence-corrected chi connectivity index (χ3v) is 8.08. The lowest BCUT2D eigenvalue weighted by molar-refractivity contribution is -0.138. The molecule has 6 unspecified atom stereocenters. The maximum Gasteiger partial charge on any atom is 0.220 e. The fourth-order valence-electron chi connectivity index (χ4n) is 6.97. The lowest BCUT2D eigenvalue weighted by atomic mass is 9.45. The Kier molecular flexibility index (Phi) is 3.17. The van der Waals surface area contributed by atoms with Crippen LogP contribution in [0.1, 0.15) is 78.1 Å². The van der Waals surface area contributed by atoms with Gasteiger partial charge in [-0.2, -0.15) is 0 Å². The smallest absolute Gasteiger partial charge is 0.220 e. The molecule has 2 nitrogen and oxygen atoms in total. The maximum absolute atomic E-state index is 11.9. The number of rotatable bonds is 0. The summed E-state index contributed by atoms with van der Waals surface area (Å²) in [5.74, 6) is 3.85. The van der Waals surface area contributed by atoms with E-state index in [0.29, 0.717) is 11.3 Å². The SMILES string of the molecule is CC12CCC3C(CCC4CCCCC43C)C1CCC(=O)N2. The minimum Gasteiger partial charge on any atom is -0.351 e. The lowest BCUT2D eigenvalue weighted by Crippen LogP contribution is -2.63. The molecule has 0 aromatic carbocycles. The average Bonchev–Trinajstić information content (AvgIpc) is 2.45. The number of carbonyl (C=O) groups excluding carboxylic acids is 1. The second-order valence-corrected chi connectivity index (χ2v) is 8.95. The van der Waals surface area contributed by atoms with Gasteiger partial charge in [-0.3, -0.25) is 4.79 Å². The minimum absolute atomic E-state index is 0.106. The van der Waals surface area contributed by atoms with Gasteiger partial charge in [0.15, 0.2) is 0 Å². The summed E-state index contributed by atoms with van der Waals surface area (Å²) in [5, 5.41) is 3.37. The molecule has 0 radical (unpaired) electrons. The first-order valence-corrected chi connectivity index (χ1v) is 9.34. The Balaban J connectivity index is 1.63. The van der Waals surface area contributed by atoms with E-state index in [0.717, 1.165) is 36.5 Å². The molecule has 1 N–H and O–H groups in total.